The van der Waals surface area contributed by atoms with Crippen molar-refractivity contribution in [3.05, 3.63) is 0 Å². The molecule has 0 N–H and O–H groups in total. The maximum absolute atomic E-state index is 12.8. The van der Waals surface area contributed by atoms with Gasteiger partial charge in [0.25, 0.3) is 0 Å². The van der Waals surface area contributed by atoms with E-state index in [2.05, 4.69) is 0 Å². The van der Waals surface area contributed by atoms with Crippen LogP contribution >= 0.6 is 0 Å². The number of carbonyl (C=O) groups is 1. The van der Waals surface area contributed by atoms with Crippen molar-refractivity contribution in [3.63, 3.8) is 0 Å². The van der Waals surface area contributed by atoms with E-state index in [1.165, 1.54) is 44.9 Å². The van der Waals surface area contributed by atoms with Gasteiger partial charge in [-0.05, 0) is 25.7 Å². The fourth-order valence-electron chi connectivity index (χ4n) is 3.92. The third-order valence-corrected chi connectivity index (χ3v) is 5.04. The van der Waals surface area contributed by atoms with Crippen LogP contribution in [-0.4, -0.2) is 18.0 Å². The molecule has 0 amide bonds. The van der Waals surface area contributed by atoms with Crippen LogP contribution < -0.4 is 0 Å². The summed E-state index contributed by atoms with van der Waals surface area (Å²) >= 11 is 0. The number of ether oxygens (including phenoxy) is 1. The maximum atomic E-state index is 12.8. The van der Waals surface area contributed by atoms with Crippen LogP contribution in [0.15, 0.2) is 0 Å². The number of hydrogen-bond acceptors (Lipinski definition) is 2. The minimum absolute atomic E-state index is 0.414. The molecule has 0 aliphatic heterocycles. The summed E-state index contributed by atoms with van der Waals surface area (Å²) in [6.07, 6.45) is 14.1. The van der Waals surface area contributed by atoms with Gasteiger partial charge in [-0.25, -0.2) is 0 Å². The zero-order valence-corrected chi connectivity index (χ0v) is 12.6. The Morgan fingerprint density at radius 1 is 1.00 bits per heavy atom. The van der Waals surface area contributed by atoms with Gasteiger partial charge >= 0.3 is 0 Å². The molecule has 2 fully saturated rings. The highest BCUT2D eigenvalue weighted by Crippen LogP contribution is 2.35. The Bertz CT molecular complexity index is 271. The van der Waals surface area contributed by atoms with Crippen molar-refractivity contribution in [2.24, 2.45) is 5.92 Å². The Morgan fingerprint density at radius 3 is 2.16 bits per heavy atom. The summed E-state index contributed by atoms with van der Waals surface area (Å²) < 4.78 is 6.00. The predicted octanol–water partition coefficient (Wildman–Crippen LogP) is 4.66. The molecule has 0 spiro atoms. The molecule has 110 valence electrons. The first-order valence-electron chi connectivity index (χ1n) is 8.44. The van der Waals surface area contributed by atoms with E-state index in [1.54, 1.807) is 0 Å². The lowest BCUT2D eigenvalue weighted by Crippen LogP contribution is -2.42. The van der Waals surface area contributed by atoms with Crippen LogP contribution in [0.5, 0.6) is 0 Å². The SMILES string of the molecule is CCOC1(C(=O)CC2CCCCC2)CCCCCC1. The first-order chi connectivity index (χ1) is 9.27. The van der Waals surface area contributed by atoms with Gasteiger partial charge in [0.1, 0.15) is 5.60 Å². The van der Waals surface area contributed by atoms with Crippen molar-refractivity contribution < 1.29 is 9.53 Å². The zero-order valence-electron chi connectivity index (χ0n) is 12.6. The molecule has 0 unspecified atom stereocenters. The molecule has 2 aliphatic carbocycles. The van der Waals surface area contributed by atoms with Crippen molar-refractivity contribution in [1.29, 1.82) is 0 Å². The lowest BCUT2D eigenvalue weighted by molar-refractivity contribution is -0.147. The van der Waals surface area contributed by atoms with Crippen LogP contribution in [-0.2, 0) is 9.53 Å². The highest BCUT2D eigenvalue weighted by molar-refractivity contribution is 5.87. The third-order valence-electron chi connectivity index (χ3n) is 5.04. The second-order valence-corrected chi connectivity index (χ2v) is 6.47. The van der Waals surface area contributed by atoms with E-state index in [-0.39, 0.29) is 0 Å². The third kappa shape index (κ3) is 4.05. The molecule has 0 radical (unpaired) electrons. The molecule has 2 aliphatic rings. The highest BCUT2D eigenvalue weighted by atomic mass is 16.5. The second-order valence-electron chi connectivity index (χ2n) is 6.47. The molecule has 0 atom stereocenters. The normalized spacial score (nSPS) is 24.9. The second kappa shape index (κ2) is 7.42. The molecule has 2 rings (SSSR count). The number of rotatable bonds is 5. The molecule has 19 heavy (non-hydrogen) atoms. The Hall–Kier alpha value is -0.370. The molecule has 2 saturated carbocycles. The van der Waals surface area contributed by atoms with Gasteiger partial charge in [-0.15, -0.1) is 0 Å². The van der Waals surface area contributed by atoms with Crippen LogP contribution in [0.3, 0.4) is 0 Å². The molecule has 0 bridgehead atoms. The first kappa shape index (κ1) is 15.0. The fraction of sp³-hybridized carbons (Fsp3) is 0.941. The molecule has 0 saturated heterocycles. The predicted molar refractivity (Wildman–Crippen MR) is 78.3 cm³/mol. The van der Waals surface area contributed by atoms with Gasteiger partial charge in [-0.3, -0.25) is 4.79 Å². The molecule has 0 heterocycles. The van der Waals surface area contributed by atoms with E-state index in [9.17, 15) is 4.79 Å². The van der Waals surface area contributed by atoms with Gasteiger partial charge in [0, 0.05) is 13.0 Å². The van der Waals surface area contributed by atoms with Gasteiger partial charge in [-0.1, -0.05) is 57.8 Å². The minimum Gasteiger partial charge on any atom is -0.368 e. The minimum atomic E-state index is -0.414. The summed E-state index contributed by atoms with van der Waals surface area (Å²) in [4.78, 5) is 12.8. The number of carbonyl (C=O) groups excluding carboxylic acids is 1. The number of Topliss-reactive ketones (excluding diaryl/α,β-unsaturated/α-hetero) is 1. The van der Waals surface area contributed by atoms with Crippen molar-refractivity contribution in [1.82, 2.24) is 0 Å². The summed E-state index contributed by atoms with van der Waals surface area (Å²) in [6, 6.07) is 0. The molecule has 2 nitrogen and oxygen atoms in total. The van der Waals surface area contributed by atoms with Gasteiger partial charge in [0.15, 0.2) is 5.78 Å². The van der Waals surface area contributed by atoms with Crippen LogP contribution in [0.25, 0.3) is 0 Å². The highest BCUT2D eigenvalue weighted by Gasteiger charge is 2.39. The van der Waals surface area contributed by atoms with E-state index >= 15 is 0 Å². The summed E-state index contributed by atoms with van der Waals surface area (Å²) in [5.74, 6) is 1.06. The van der Waals surface area contributed by atoms with Crippen molar-refractivity contribution in [3.8, 4) is 0 Å². The van der Waals surface area contributed by atoms with Crippen molar-refractivity contribution in [2.45, 2.75) is 89.6 Å². The molecule has 2 heteroatoms. The molecular formula is C17H30O2. The van der Waals surface area contributed by atoms with Crippen LogP contribution in [0.1, 0.15) is 84.0 Å². The van der Waals surface area contributed by atoms with E-state index < -0.39 is 5.60 Å². The Morgan fingerprint density at radius 2 is 1.58 bits per heavy atom. The number of ketones is 1. The summed E-state index contributed by atoms with van der Waals surface area (Å²) in [7, 11) is 0. The fourth-order valence-corrected chi connectivity index (χ4v) is 3.92. The van der Waals surface area contributed by atoms with E-state index in [0.29, 0.717) is 18.3 Å². The van der Waals surface area contributed by atoms with Crippen molar-refractivity contribution >= 4 is 5.78 Å². The average molecular weight is 266 g/mol. The smallest absolute Gasteiger partial charge is 0.164 e. The van der Waals surface area contributed by atoms with Gasteiger partial charge < -0.3 is 4.74 Å². The molecule has 0 aromatic heterocycles. The molecule has 0 aromatic carbocycles. The lowest BCUT2D eigenvalue weighted by atomic mass is 9.80. The summed E-state index contributed by atoms with van der Waals surface area (Å²) in [6.45, 7) is 2.71. The largest absolute Gasteiger partial charge is 0.368 e. The quantitative estimate of drug-likeness (QED) is 0.677. The Kier molecular flexibility index (Phi) is 5.87. The Labute approximate surface area is 118 Å². The van der Waals surface area contributed by atoms with E-state index in [1.807, 2.05) is 6.92 Å². The van der Waals surface area contributed by atoms with Crippen LogP contribution in [0.2, 0.25) is 0 Å². The monoisotopic (exact) mass is 266 g/mol. The van der Waals surface area contributed by atoms with Gasteiger partial charge in [0.05, 0.1) is 0 Å². The first-order valence-corrected chi connectivity index (χ1v) is 8.44. The van der Waals surface area contributed by atoms with Crippen LogP contribution in [0.4, 0.5) is 0 Å². The van der Waals surface area contributed by atoms with Gasteiger partial charge in [-0.2, -0.15) is 0 Å². The topological polar surface area (TPSA) is 26.3 Å². The molecular weight excluding hydrogens is 236 g/mol. The zero-order chi connectivity index (χ0) is 13.6. The standard InChI is InChI=1S/C17H30O2/c1-2-19-17(12-8-3-4-9-13-17)16(18)14-15-10-6-5-7-11-15/h15H,2-14H2,1H3. The number of hydrogen-bond donors (Lipinski definition) is 0. The molecule has 0 aromatic rings. The van der Waals surface area contributed by atoms with Crippen molar-refractivity contribution in [2.75, 3.05) is 6.61 Å². The van der Waals surface area contributed by atoms with Gasteiger partial charge in [0.2, 0.25) is 0 Å². The Balaban J connectivity index is 1.97. The van der Waals surface area contributed by atoms with Crippen LogP contribution in [0, 0.1) is 5.92 Å². The summed E-state index contributed by atoms with van der Waals surface area (Å²) in [5.41, 5.74) is -0.414. The van der Waals surface area contributed by atoms with E-state index in [4.69, 9.17) is 4.74 Å². The lowest BCUT2D eigenvalue weighted by Gasteiger charge is -2.33. The van der Waals surface area contributed by atoms with E-state index in [0.717, 1.165) is 32.1 Å². The maximum Gasteiger partial charge on any atom is 0.164 e. The summed E-state index contributed by atoms with van der Waals surface area (Å²) in [5, 5.41) is 0. The average Bonchev–Trinajstić information content (AvgIpc) is 2.67.